The van der Waals surface area contributed by atoms with Gasteiger partial charge in [-0.25, -0.2) is 4.39 Å². The van der Waals surface area contributed by atoms with E-state index in [1.165, 1.54) is 6.07 Å². The van der Waals surface area contributed by atoms with Crippen LogP contribution in [0.25, 0.3) is 0 Å². The predicted molar refractivity (Wildman–Crippen MR) is 72.2 cm³/mol. The molecular weight excluding hydrogens is 247 g/mol. The molecule has 1 rings (SSSR count). The highest BCUT2D eigenvalue weighted by Gasteiger charge is 2.23. The molecule has 0 aliphatic carbocycles. The number of carbonyl (C=O) groups excluding carboxylic acids is 1. The fourth-order valence-electron chi connectivity index (χ4n) is 1.69. The van der Waals surface area contributed by atoms with Gasteiger partial charge in [0.15, 0.2) is 0 Å². The zero-order valence-electron chi connectivity index (χ0n) is 11.5. The summed E-state index contributed by atoms with van der Waals surface area (Å²) in [4.78, 5) is 11.5. The number of aliphatic hydroxyl groups is 1. The summed E-state index contributed by atoms with van der Waals surface area (Å²) in [5.41, 5.74) is 6.58. The molecule has 0 aromatic heterocycles. The first kappa shape index (κ1) is 15.6. The number of carbonyl (C=O) groups is 1. The van der Waals surface area contributed by atoms with Crippen molar-refractivity contribution in [3.63, 3.8) is 0 Å². The van der Waals surface area contributed by atoms with Crippen LogP contribution in [-0.4, -0.2) is 30.2 Å². The summed E-state index contributed by atoms with van der Waals surface area (Å²) >= 11 is 0. The van der Waals surface area contributed by atoms with E-state index >= 15 is 0 Å². The minimum absolute atomic E-state index is 0.245. The first-order valence-corrected chi connectivity index (χ1v) is 6.18. The third-order valence-electron chi connectivity index (χ3n) is 3.18. The highest BCUT2D eigenvalue weighted by molar-refractivity contribution is 5.81. The van der Waals surface area contributed by atoms with E-state index in [9.17, 15) is 9.18 Å². The van der Waals surface area contributed by atoms with E-state index in [-0.39, 0.29) is 17.8 Å². The standard InChI is InChI=1S/C14H21FN2O2/c1-9-6-10(4-5-11(9)15)14(2,3)8-17-13(19)12(16)7-18/h4-6,12,18H,7-8,16H2,1-3H3,(H,17,19). The highest BCUT2D eigenvalue weighted by Crippen LogP contribution is 2.24. The third kappa shape index (κ3) is 4.01. The Morgan fingerprint density at radius 1 is 1.53 bits per heavy atom. The maximum atomic E-state index is 13.2. The van der Waals surface area contributed by atoms with Crippen LogP contribution in [0.3, 0.4) is 0 Å². The van der Waals surface area contributed by atoms with E-state index in [0.717, 1.165) is 5.56 Å². The molecule has 0 radical (unpaired) electrons. The molecule has 0 aliphatic heterocycles. The van der Waals surface area contributed by atoms with Gasteiger partial charge in [0, 0.05) is 12.0 Å². The molecule has 19 heavy (non-hydrogen) atoms. The highest BCUT2D eigenvalue weighted by atomic mass is 19.1. The lowest BCUT2D eigenvalue weighted by Crippen LogP contribution is -2.46. The maximum Gasteiger partial charge on any atom is 0.239 e. The van der Waals surface area contributed by atoms with Gasteiger partial charge in [0.05, 0.1) is 6.61 Å². The van der Waals surface area contributed by atoms with Gasteiger partial charge in [0.2, 0.25) is 5.91 Å². The summed E-state index contributed by atoms with van der Waals surface area (Å²) in [6.07, 6.45) is 0. The molecule has 0 fully saturated rings. The van der Waals surface area contributed by atoms with E-state index in [1.54, 1.807) is 19.1 Å². The third-order valence-corrected chi connectivity index (χ3v) is 3.18. The van der Waals surface area contributed by atoms with Crippen molar-refractivity contribution >= 4 is 5.91 Å². The lowest BCUT2D eigenvalue weighted by molar-refractivity contribution is -0.123. The number of hydrogen-bond donors (Lipinski definition) is 3. The Labute approximate surface area is 112 Å². The van der Waals surface area contributed by atoms with Gasteiger partial charge in [-0.3, -0.25) is 4.79 Å². The fourth-order valence-corrected chi connectivity index (χ4v) is 1.69. The van der Waals surface area contributed by atoms with Gasteiger partial charge >= 0.3 is 0 Å². The number of halogens is 1. The number of nitrogens with two attached hydrogens (primary N) is 1. The van der Waals surface area contributed by atoms with Gasteiger partial charge in [-0.2, -0.15) is 0 Å². The van der Waals surface area contributed by atoms with Crippen LogP contribution >= 0.6 is 0 Å². The number of aliphatic hydroxyl groups excluding tert-OH is 1. The number of benzene rings is 1. The predicted octanol–water partition coefficient (Wildman–Crippen LogP) is 0.848. The number of aryl methyl sites for hydroxylation is 1. The first-order chi connectivity index (χ1) is 8.77. The van der Waals surface area contributed by atoms with Crippen molar-refractivity contribution in [2.24, 2.45) is 5.73 Å². The summed E-state index contributed by atoms with van der Waals surface area (Å²) < 4.78 is 13.2. The zero-order chi connectivity index (χ0) is 14.6. The molecule has 0 spiro atoms. The minimum Gasteiger partial charge on any atom is -0.394 e. The topological polar surface area (TPSA) is 75.4 Å². The molecule has 0 saturated carbocycles. The number of amides is 1. The van der Waals surface area contributed by atoms with E-state index in [2.05, 4.69) is 5.32 Å². The van der Waals surface area contributed by atoms with Crippen molar-refractivity contribution in [3.05, 3.63) is 35.1 Å². The van der Waals surface area contributed by atoms with E-state index in [0.29, 0.717) is 12.1 Å². The van der Waals surface area contributed by atoms with Gasteiger partial charge in [0.25, 0.3) is 0 Å². The van der Waals surface area contributed by atoms with Crippen molar-refractivity contribution < 1.29 is 14.3 Å². The molecule has 5 heteroatoms. The Bertz CT molecular complexity index is 461. The summed E-state index contributed by atoms with van der Waals surface area (Å²) in [5, 5.41) is 11.5. The number of nitrogens with one attached hydrogen (secondary N) is 1. The van der Waals surface area contributed by atoms with Crippen LogP contribution in [-0.2, 0) is 10.2 Å². The summed E-state index contributed by atoms with van der Waals surface area (Å²) in [5.74, 6) is -0.639. The zero-order valence-corrected chi connectivity index (χ0v) is 11.5. The average molecular weight is 268 g/mol. The molecule has 0 bridgehead atoms. The summed E-state index contributed by atoms with van der Waals surface area (Å²) in [6, 6.07) is 3.99. The van der Waals surface area contributed by atoms with Crippen molar-refractivity contribution in [2.75, 3.05) is 13.2 Å². The Hall–Kier alpha value is -1.46. The molecule has 106 valence electrons. The molecule has 0 aliphatic rings. The molecule has 0 heterocycles. The van der Waals surface area contributed by atoms with Crippen molar-refractivity contribution in [1.29, 1.82) is 0 Å². The molecule has 1 aromatic rings. The monoisotopic (exact) mass is 268 g/mol. The lowest BCUT2D eigenvalue weighted by Gasteiger charge is -2.26. The van der Waals surface area contributed by atoms with Crippen molar-refractivity contribution in [1.82, 2.24) is 5.32 Å². The Morgan fingerprint density at radius 3 is 2.68 bits per heavy atom. The Kier molecular flexibility index (Phi) is 5.03. The minimum atomic E-state index is -0.911. The van der Waals surface area contributed by atoms with Gasteiger partial charge in [0.1, 0.15) is 11.9 Å². The van der Waals surface area contributed by atoms with Gasteiger partial charge in [-0.05, 0) is 24.1 Å². The molecular formula is C14H21FN2O2. The maximum absolute atomic E-state index is 13.2. The van der Waals surface area contributed by atoms with Crippen molar-refractivity contribution in [3.8, 4) is 0 Å². The van der Waals surface area contributed by atoms with Crippen molar-refractivity contribution in [2.45, 2.75) is 32.2 Å². The van der Waals surface area contributed by atoms with Gasteiger partial charge in [-0.1, -0.05) is 26.0 Å². The summed E-state index contributed by atoms with van der Waals surface area (Å²) in [7, 11) is 0. The fraction of sp³-hybridized carbons (Fsp3) is 0.500. The van der Waals surface area contributed by atoms with Crippen LogP contribution in [0.15, 0.2) is 18.2 Å². The molecule has 4 nitrogen and oxygen atoms in total. The van der Waals surface area contributed by atoms with Gasteiger partial charge < -0.3 is 16.2 Å². The van der Waals surface area contributed by atoms with Crippen LogP contribution in [0.1, 0.15) is 25.0 Å². The molecule has 1 amide bonds. The Balaban J connectivity index is 2.75. The molecule has 1 unspecified atom stereocenters. The lowest BCUT2D eigenvalue weighted by atomic mass is 9.83. The number of hydrogen-bond acceptors (Lipinski definition) is 3. The second-order valence-corrected chi connectivity index (χ2v) is 5.35. The first-order valence-electron chi connectivity index (χ1n) is 6.18. The van der Waals surface area contributed by atoms with Crippen LogP contribution < -0.4 is 11.1 Å². The normalized spacial score (nSPS) is 13.2. The number of rotatable bonds is 5. The second-order valence-electron chi connectivity index (χ2n) is 5.35. The smallest absolute Gasteiger partial charge is 0.239 e. The molecule has 1 aromatic carbocycles. The molecule has 1 atom stereocenters. The van der Waals surface area contributed by atoms with Crippen LogP contribution in [0.2, 0.25) is 0 Å². The van der Waals surface area contributed by atoms with Gasteiger partial charge in [-0.15, -0.1) is 0 Å². The second kappa shape index (κ2) is 6.12. The van der Waals surface area contributed by atoms with Crippen LogP contribution in [0, 0.1) is 12.7 Å². The van der Waals surface area contributed by atoms with Crippen LogP contribution in [0.4, 0.5) is 4.39 Å². The van der Waals surface area contributed by atoms with E-state index < -0.39 is 11.9 Å². The SMILES string of the molecule is Cc1cc(C(C)(C)CNC(=O)C(N)CO)ccc1F. The van der Waals surface area contributed by atoms with E-state index in [1.807, 2.05) is 13.8 Å². The summed E-state index contributed by atoms with van der Waals surface area (Å²) in [6.45, 7) is 5.58. The molecule has 4 N–H and O–H groups in total. The quantitative estimate of drug-likeness (QED) is 0.741. The van der Waals surface area contributed by atoms with Crippen LogP contribution in [0.5, 0.6) is 0 Å². The Morgan fingerprint density at radius 2 is 2.16 bits per heavy atom. The average Bonchev–Trinajstić information content (AvgIpc) is 2.38. The largest absolute Gasteiger partial charge is 0.394 e. The molecule has 0 saturated heterocycles. The van der Waals surface area contributed by atoms with E-state index in [4.69, 9.17) is 10.8 Å².